The Kier molecular flexibility index (Phi) is 5.28. The smallest absolute Gasteiger partial charge is 0.0602 e. The van der Waals surface area contributed by atoms with Gasteiger partial charge in [-0.15, -0.1) is 0 Å². The molecular weight excluding hydrogens is 188 g/mol. The van der Waals surface area contributed by atoms with E-state index < -0.39 is 0 Å². The normalized spacial score (nSPS) is 17.6. The molecule has 0 radical (unpaired) electrons. The molecule has 0 bridgehead atoms. The van der Waals surface area contributed by atoms with Crippen molar-refractivity contribution in [1.82, 2.24) is 0 Å². The van der Waals surface area contributed by atoms with Gasteiger partial charge in [-0.3, -0.25) is 0 Å². The van der Waals surface area contributed by atoms with E-state index in [4.69, 9.17) is 9.47 Å². The van der Waals surface area contributed by atoms with Crippen molar-refractivity contribution in [3.63, 3.8) is 0 Å². The van der Waals surface area contributed by atoms with E-state index in [1.54, 1.807) is 0 Å². The zero-order chi connectivity index (χ0) is 12.3. The Bertz CT molecular complexity index is 154. The molecule has 0 aromatic rings. The van der Waals surface area contributed by atoms with Crippen molar-refractivity contribution in [3.8, 4) is 0 Å². The van der Waals surface area contributed by atoms with Gasteiger partial charge in [0.05, 0.1) is 23.4 Å². The third-order valence-corrected chi connectivity index (χ3v) is 1.77. The van der Waals surface area contributed by atoms with Gasteiger partial charge in [-0.25, -0.2) is 0 Å². The van der Waals surface area contributed by atoms with Crippen LogP contribution in [-0.4, -0.2) is 23.4 Å². The van der Waals surface area contributed by atoms with Gasteiger partial charge in [-0.05, 0) is 61.8 Å². The van der Waals surface area contributed by atoms with Gasteiger partial charge >= 0.3 is 0 Å². The minimum atomic E-state index is -0.0686. The summed E-state index contributed by atoms with van der Waals surface area (Å²) in [6, 6.07) is 0. The second-order valence-corrected chi connectivity index (χ2v) is 6.32. The van der Waals surface area contributed by atoms with Gasteiger partial charge in [0.25, 0.3) is 0 Å². The molecular formula is C13H28O2. The van der Waals surface area contributed by atoms with Crippen LogP contribution in [-0.2, 0) is 9.47 Å². The molecule has 0 heterocycles. The van der Waals surface area contributed by atoms with Crippen LogP contribution in [0.4, 0.5) is 0 Å². The summed E-state index contributed by atoms with van der Waals surface area (Å²) in [5.41, 5.74) is -0.137. The predicted molar refractivity (Wildman–Crippen MR) is 65.2 cm³/mol. The summed E-state index contributed by atoms with van der Waals surface area (Å²) in [4.78, 5) is 0. The third-order valence-electron chi connectivity index (χ3n) is 1.77. The summed E-state index contributed by atoms with van der Waals surface area (Å²) >= 11 is 0. The van der Waals surface area contributed by atoms with E-state index in [0.29, 0.717) is 0 Å². The minimum Gasteiger partial charge on any atom is -0.373 e. The molecule has 0 aromatic heterocycles. The van der Waals surface area contributed by atoms with Gasteiger partial charge in [0.15, 0.2) is 0 Å². The van der Waals surface area contributed by atoms with Gasteiger partial charge in [0.2, 0.25) is 0 Å². The Hall–Kier alpha value is -0.0800. The molecule has 0 aliphatic rings. The maximum atomic E-state index is 5.84. The quantitative estimate of drug-likeness (QED) is 0.712. The number of ether oxygens (including phenoxy) is 2. The van der Waals surface area contributed by atoms with Gasteiger partial charge in [-0.2, -0.15) is 0 Å². The molecule has 2 unspecified atom stereocenters. The third kappa shape index (κ3) is 10.2. The Morgan fingerprint density at radius 2 is 1.00 bits per heavy atom. The lowest BCUT2D eigenvalue weighted by Gasteiger charge is -2.30. The van der Waals surface area contributed by atoms with Crippen LogP contribution in [0.25, 0.3) is 0 Å². The second kappa shape index (κ2) is 5.31. The van der Waals surface area contributed by atoms with Crippen molar-refractivity contribution in [1.29, 1.82) is 0 Å². The van der Waals surface area contributed by atoms with Crippen molar-refractivity contribution in [3.05, 3.63) is 0 Å². The first-order valence-corrected chi connectivity index (χ1v) is 5.85. The van der Waals surface area contributed by atoms with Crippen LogP contribution in [0.2, 0.25) is 0 Å². The van der Waals surface area contributed by atoms with Crippen molar-refractivity contribution in [2.24, 2.45) is 0 Å². The number of rotatable bonds is 4. The zero-order valence-corrected chi connectivity index (χ0v) is 11.7. The van der Waals surface area contributed by atoms with Crippen LogP contribution in [0.5, 0.6) is 0 Å². The molecule has 0 amide bonds. The molecule has 0 spiro atoms. The van der Waals surface area contributed by atoms with Crippen molar-refractivity contribution >= 4 is 0 Å². The Morgan fingerprint density at radius 3 is 1.20 bits per heavy atom. The van der Waals surface area contributed by atoms with E-state index in [-0.39, 0.29) is 23.4 Å². The summed E-state index contributed by atoms with van der Waals surface area (Å²) in [7, 11) is 0. The molecule has 0 N–H and O–H groups in total. The van der Waals surface area contributed by atoms with Gasteiger partial charge in [-0.1, -0.05) is 0 Å². The van der Waals surface area contributed by atoms with E-state index in [9.17, 15) is 0 Å². The average Bonchev–Trinajstić information content (AvgIpc) is 1.73. The maximum Gasteiger partial charge on any atom is 0.0602 e. The Labute approximate surface area is 95.3 Å². The fourth-order valence-electron chi connectivity index (χ4n) is 1.77. The number of hydrogen-bond acceptors (Lipinski definition) is 2. The molecule has 0 rings (SSSR count). The second-order valence-electron chi connectivity index (χ2n) is 6.32. The predicted octanol–water partition coefficient (Wildman–Crippen LogP) is 3.78. The lowest BCUT2D eigenvalue weighted by molar-refractivity contribution is -0.101. The molecule has 0 aliphatic carbocycles. The molecule has 15 heavy (non-hydrogen) atoms. The summed E-state index contributed by atoms with van der Waals surface area (Å²) in [6.07, 6.45) is 1.42. The molecule has 0 saturated heterocycles. The Morgan fingerprint density at radius 1 is 0.733 bits per heavy atom. The highest BCUT2D eigenvalue weighted by atomic mass is 16.5. The highest BCUT2D eigenvalue weighted by molar-refractivity contribution is 4.68. The summed E-state index contributed by atoms with van der Waals surface area (Å²) < 4.78 is 11.7. The molecule has 2 nitrogen and oxygen atoms in total. The summed E-state index contributed by atoms with van der Waals surface area (Å²) in [5, 5.41) is 0. The molecule has 0 fully saturated rings. The van der Waals surface area contributed by atoms with E-state index in [0.717, 1.165) is 6.42 Å². The molecule has 0 aliphatic heterocycles. The van der Waals surface area contributed by atoms with E-state index in [1.807, 2.05) is 0 Å². The average molecular weight is 216 g/mol. The minimum absolute atomic E-state index is 0.0686. The molecule has 2 atom stereocenters. The fourth-order valence-corrected chi connectivity index (χ4v) is 1.77. The fraction of sp³-hybridized carbons (Fsp3) is 1.00. The Balaban J connectivity index is 3.92. The summed E-state index contributed by atoms with van der Waals surface area (Å²) in [6.45, 7) is 16.7. The highest BCUT2D eigenvalue weighted by Gasteiger charge is 2.20. The standard InChI is InChI=1S/C13H28O2/c1-10(14-12(3,4)5)9-11(2)15-13(6,7)8/h10-11H,9H2,1-8H3. The molecule has 2 heteroatoms. The van der Waals surface area contributed by atoms with Crippen LogP contribution in [0.15, 0.2) is 0 Å². The maximum absolute atomic E-state index is 5.84. The summed E-state index contributed by atoms with van der Waals surface area (Å²) in [5.74, 6) is 0. The first kappa shape index (κ1) is 14.9. The van der Waals surface area contributed by atoms with Gasteiger partial charge < -0.3 is 9.47 Å². The molecule has 0 aromatic carbocycles. The highest BCUT2D eigenvalue weighted by Crippen LogP contribution is 2.18. The van der Waals surface area contributed by atoms with Crippen LogP contribution in [0.1, 0.15) is 61.8 Å². The zero-order valence-electron chi connectivity index (χ0n) is 11.7. The van der Waals surface area contributed by atoms with E-state index >= 15 is 0 Å². The van der Waals surface area contributed by atoms with Crippen molar-refractivity contribution in [2.75, 3.05) is 0 Å². The first-order chi connectivity index (χ1) is 6.49. The number of hydrogen-bond donors (Lipinski definition) is 0. The van der Waals surface area contributed by atoms with E-state index in [1.165, 1.54) is 0 Å². The van der Waals surface area contributed by atoms with Crippen LogP contribution in [0, 0.1) is 0 Å². The lowest BCUT2D eigenvalue weighted by atomic mass is 10.1. The largest absolute Gasteiger partial charge is 0.373 e. The molecule has 92 valence electrons. The van der Waals surface area contributed by atoms with Crippen LogP contribution < -0.4 is 0 Å². The first-order valence-electron chi connectivity index (χ1n) is 5.85. The van der Waals surface area contributed by atoms with Crippen LogP contribution >= 0.6 is 0 Å². The molecule has 0 saturated carbocycles. The lowest BCUT2D eigenvalue weighted by Crippen LogP contribution is -2.31. The monoisotopic (exact) mass is 216 g/mol. The van der Waals surface area contributed by atoms with Crippen molar-refractivity contribution < 1.29 is 9.47 Å². The van der Waals surface area contributed by atoms with Gasteiger partial charge in [0, 0.05) is 0 Å². The van der Waals surface area contributed by atoms with E-state index in [2.05, 4.69) is 55.4 Å². The SMILES string of the molecule is CC(CC(C)OC(C)(C)C)OC(C)(C)C. The topological polar surface area (TPSA) is 18.5 Å². The van der Waals surface area contributed by atoms with Crippen molar-refractivity contribution in [2.45, 2.75) is 85.2 Å². The van der Waals surface area contributed by atoms with Crippen LogP contribution in [0.3, 0.4) is 0 Å². The van der Waals surface area contributed by atoms with Gasteiger partial charge in [0.1, 0.15) is 0 Å².